The van der Waals surface area contributed by atoms with E-state index in [1.807, 2.05) is 0 Å². The van der Waals surface area contributed by atoms with Gasteiger partial charge in [-0.2, -0.15) is 0 Å². The van der Waals surface area contributed by atoms with Gasteiger partial charge >= 0.3 is 17.9 Å². The summed E-state index contributed by atoms with van der Waals surface area (Å²) in [6.45, 7) is -0.372. The van der Waals surface area contributed by atoms with Crippen LogP contribution in [0.5, 0.6) is 0 Å². The zero-order chi connectivity index (χ0) is 24.6. The van der Waals surface area contributed by atoms with Crippen molar-refractivity contribution >= 4 is 17.9 Å². The van der Waals surface area contributed by atoms with Gasteiger partial charge in [0.15, 0.2) is 12.4 Å². The van der Waals surface area contributed by atoms with Crippen LogP contribution in [0.25, 0.3) is 0 Å². The van der Waals surface area contributed by atoms with E-state index in [0.717, 1.165) is 0 Å². The Morgan fingerprint density at radius 1 is 0.771 bits per heavy atom. The Balaban J connectivity index is 1.52. The molecule has 8 nitrogen and oxygen atoms in total. The topological polar surface area (TPSA) is 108 Å². The van der Waals surface area contributed by atoms with E-state index < -0.39 is 42.5 Å². The number of rotatable bonds is 8. The molecule has 4 atom stereocenters. The van der Waals surface area contributed by atoms with Crippen LogP contribution in [-0.4, -0.2) is 54.2 Å². The first-order valence-electron chi connectivity index (χ1n) is 11.1. The lowest BCUT2D eigenvalue weighted by atomic mass is 10.1. The van der Waals surface area contributed by atoms with E-state index in [2.05, 4.69) is 0 Å². The molecule has 1 N–H and O–H groups in total. The number of hydrogen-bond donors (Lipinski definition) is 1. The molecule has 3 aromatic carbocycles. The van der Waals surface area contributed by atoms with Crippen molar-refractivity contribution in [3.63, 3.8) is 0 Å². The third-order valence-corrected chi connectivity index (χ3v) is 5.41. The number of carbonyl (C=O) groups is 3. The summed E-state index contributed by atoms with van der Waals surface area (Å²) >= 11 is 0. The van der Waals surface area contributed by atoms with Crippen molar-refractivity contribution in [2.45, 2.75) is 31.0 Å². The third kappa shape index (κ3) is 6.32. The summed E-state index contributed by atoms with van der Waals surface area (Å²) in [5.74, 6) is -1.92. The van der Waals surface area contributed by atoms with E-state index in [1.54, 1.807) is 91.0 Å². The summed E-state index contributed by atoms with van der Waals surface area (Å²) < 4.78 is 22.2. The fourth-order valence-electron chi connectivity index (χ4n) is 3.67. The second-order valence-electron chi connectivity index (χ2n) is 7.88. The largest absolute Gasteiger partial charge is 0.458 e. The van der Waals surface area contributed by atoms with Gasteiger partial charge in [0.05, 0.1) is 16.7 Å². The molecule has 0 amide bonds. The number of aliphatic hydroxyl groups excluding tert-OH is 1. The summed E-state index contributed by atoms with van der Waals surface area (Å²) in [5, 5.41) is 10.1. The standard InChI is InChI=1S/C27H24O8/c28-23-16-21(33-26(30)19-12-6-2-7-13-19)24(35-23)22(34-27(31)20-14-8-3-9-15-20)17-32-25(29)18-10-4-1-5-11-18/h1-15,21-24,28H,16-17H2/t21-,22-,23-,24-/m1/s1. The van der Waals surface area contributed by atoms with E-state index in [0.29, 0.717) is 11.1 Å². The van der Waals surface area contributed by atoms with E-state index >= 15 is 0 Å². The molecule has 35 heavy (non-hydrogen) atoms. The van der Waals surface area contributed by atoms with E-state index in [4.69, 9.17) is 18.9 Å². The normalized spacial score (nSPS) is 20.0. The van der Waals surface area contributed by atoms with Gasteiger partial charge in [0.2, 0.25) is 0 Å². The Bertz CT molecular complexity index is 1130. The molecule has 0 saturated carbocycles. The molecule has 0 bridgehead atoms. The van der Waals surface area contributed by atoms with Gasteiger partial charge in [-0.15, -0.1) is 0 Å². The van der Waals surface area contributed by atoms with Crippen LogP contribution in [0.1, 0.15) is 37.5 Å². The van der Waals surface area contributed by atoms with Crippen LogP contribution >= 0.6 is 0 Å². The zero-order valence-corrected chi connectivity index (χ0v) is 18.7. The van der Waals surface area contributed by atoms with Crippen LogP contribution in [-0.2, 0) is 18.9 Å². The van der Waals surface area contributed by atoms with Crippen LogP contribution in [0.4, 0.5) is 0 Å². The first-order valence-corrected chi connectivity index (χ1v) is 11.1. The molecule has 0 spiro atoms. The Labute approximate surface area is 202 Å². The SMILES string of the molecule is O=C(OC[C@@H](OC(=O)c1ccccc1)[C@@H]1O[C@@H](O)C[C@H]1OC(=O)c1ccccc1)c1ccccc1. The summed E-state index contributed by atoms with van der Waals surface area (Å²) in [5.41, 5.74) is 0.921. The van der Waals surface area contributed by atoms with Gasteiger partial charge in [-0.05, 0) is 36.4 Å². The number of hydrogen-bond acceptors (Lipinski definition) is 8. The predicted octanol–water partition coefficient (Wildman–Crippen LogP) is 3.40. The average molecular weight is 476 g/mol. The molecule has 0 radical (unpaired) electrons. The summed E-state index contributed by atoms with van der Waals surface area (Å²) in [6.07, 6.45) is -4.44. The first-order chi connectivity index (χ1) is 17.0. The number of esters is 3. The van der Waals surface area contributed by atoms with Gasteiger partial charge in [-0.3, -0.25) is 0 Å². The molecule has 0 aliphatic carbocycles. The Morgan fingerprint density at radius 3 is 1.80 bits per heavy atom. The molecule has 1 aliphatic rings. The van der Waals surface area contributed by atoms with Gasteiger partial charge in [0.25, 0.3) is 0 Å². The van der Waals surface area contributed by atoms with Crippen LogP contribution in [0, 0.1) is 0 Å². The highest BCUT2D eigenvalue weighted by atomic mass is 16.7. The van der Waals surface area contributed by atoms with E-state index in [9.17, 15) is 19.5 Å². The molecule has 4 rings (SSSR count). The number of carbonyl (C=O) groups excluding carboxylic acids is 3. The molecule has 3 aromatic rings. The molecule has 1 aliphatic heterocycles. The average Bonchev–Trinajstić information content (AvgIpc) is 3.27. The summed E-state index contributed by atoms with van der Waals surface area (Å²) in [7, 11) is 0. The molecule has 0 aromatic heterocycles. The van der Waals surface area contributed by atoms with Crippen molar-refractivity contribution in [1.29, 1.82) is 0 Å². The van der Waals surface area contributed by atoms with Crippen LogP contribution in [0.15, 0.2) is 91.0 Å². The van der Waals surface area contributed by atoms with Gasteiger partial charge in [-0.1, -0.05) is 54.6 Å². The monoisotopic (exact) mass is 476 g/mol. The van der Waals surface area contributed by atoms with Crippen molar-refractivity contribution in [2.75, 3.05) is 6.61 Å². The highest BCUT2D eigenvalue weighted by Gasteiger charge is 2.44. The lowest BCUT2D eigenvalue weighted by molar-refractivity contribution is -0.140. The highest BCUT2D eigenvalue weighted by molar-refractivity contribution is 5.90. The van der Waals surface area contributed by atoms with Crippen molar-refractivity contribution < 1.29 is 38.4 Å². The van der Waals surface area contributed by atoms with Gasteiger partial charge < -0.3 is 24.1 Å². The second kappa shape index (κ2) is 11.4. The summed E-state index contributed by atoms with van der Waals surface area (Å²) in [4.78, 5) is 37.9. The smallest absolute Gasteiger partial charge is 0.338 e. The van der Waals surface area contributed by atoms with Crippen molar-refractivity contribution in [2.24, 2.45) is 0 Å². The molecule has 1 saturated heterocycles. The van der Waals surface area contributed by atoms with Gasteiger partial charge in [0, 0.05) is 6.42 Å². The quantitative estimate of drug-likeness (QED) is 0.389. The third-order valence-electron chi connectivity index (χ3n) is 5.41. The fourth-order valence-corrected chi connectivity index (χ4v) is 3.67. The molecule has 1 fully saturated rings. The highest BCUT2D eigenvalue weighted by Crippen LogP contribution is 2.28. The van der Waals surface area contributed by atoms with E-state index in [-0.39, 0.29) is 18.6 Å². The fraction of sp³-hybridized carbons (Fsp3) is 0.222. The molecule has 8 heteroatoms. The lowest BCUT2D eigenvalue weighted by Crippen LogP contribution is -2.43. The maximum Gasteiger partial charge on any atom is 0.338 e. The molecular weight excluding hydrogens is 452 g/mol. The molecule has 1 heterocycles. The Kier molecular flexibility index (Phi) is 7.87. The maximum absolute atomic E-state index is 12.8. The zero-order valence-electron chi connectivity index (χ0n) is 18.7. The van der Waals surface area contributed by atoms with Crippen LogP contribution in [0.2, 0.25) is 0 Å². The number of benzene rings is 3. The first kappa shape index (κ1) is 24.1. The van der Waals surface area contributed by atoms with Crippen LogP contribution in [0.3, 0.4) is 0 Å². The second-order valence-corrected chi connectivity index (χ2v) is 7.88. The minimum atomic E-state index is -1.25. The Hall–Kier alpha value is -4.01. The van der Waals surface area contributed by atoms with Crippen LogP contribution < -0.4 is 0 Å². The number of aliphatic hydroxyl groups is 1. The summed E-state index contributed by atoms with van der Waals surface area (Å²) in [6, 6.07) is 25.0. The van der Waals surface area contributed by atoms with Gasteiger partial charge in [0.1, 0.15) is 18.8 Å². The van der Waals surface area contributed by atoms with Crippen molar-refractivity contribution in [1.82, 2.24) is 0 Å². The predicted molar refractivity (Wildman–Crippen MR) is 124 cm³/mol. The van der Waals surface area contributed by atoms with Crippen molar-refractivity contribution in [3.05, 3.63) is 108 Å². The molecular formula is C27H24O8. The minimum absolute atomic E-state index is 0.0325. The number of ether oxygens (including phenoxy) is 4. The van der Waals surface area contributed by atoms with Crippen molar-refractivity contribution in [3.8, 4) is 0 Å². The molecule has 0 unspecified atom stereocenters. The van der Waals surface area contributed by atoms with Gasteiger partial charge in [-0.25, -0.2) is 14.4 Å². The Morgan fingerprint density at radius 2 is 1.26 bits per heavy atom. The maximum atomic E-state index is 12.8. The van der Waals surface area contributed by atoms with E-state index in [1.165, 1.54) is 0 Å². The lowest BCUT2D eigenvalue weighted by Gasteiger charge is -2.27. The molecule has 180 valence electrons. The minimum Gasteiger partial charge on any atom is -0.458 e.